The summed E-state index contributed by atoms with van der Waals surface area (Å²) in [6.07, 6.45) is 4.02. The molecule has 0 saturated heterocycles. The first-order chi connectivity index (χ1) is 12.4. The first-order valence-electron chi connectivity index (χ1n) is 8.48. The second-order valence-electron chi connectivity index (χ2n) is 6.26. The van der Waals surface area contributed by atoms with Crippen molar-refractivity contribution in [3.63, 3.8) is 0 Å². The van der Waals surface area contributed by atoms with E-state index in [0.29, 0.717) is 0 Å². The fourth-order valence-corrected chi connectivity index (χ4v) is 4.49. The monoisotopic (exact) mass is 340 g/mol. The lowest BCUT2D eigenvalue weighted by Crippen LogP contribution is -2.01. The lowest BCUT2D eigenvalue weighted by Gasteiger charge is -2.13. The Labute approximate surface area is 150 Å². The molecule has 2 nitrogen and oxygen atoms in total. The van der Waals surface area contributed by atoms with E-state index in [2.05, 4.69) is 71.7 Å². The van der Waals surface area contributed by atoms with Crippen LogP contribution in [0.1, 0.15) is 16.8 Å². The first-order valence-corrected chi connectivity index (χ1v) is 9.30. The van der Waals surface area contributed by atoms with Crippen LogP contribution in [0.5, 0.6) is 0 Å². The van der Waals surface area contributed by atoms with Gasteiger partial charge in [-0.2, -0.15) is 0 Å². The molecule has 1 aromatic heterocycles. The lowest BCUT2D eigenvalue weighted by molar-refractivity contribution is 0.910. The van der Waals surface area contributed by atoms with Crippen LogP contribution in [0.2, 0.25) is 0 Å². The van der Waals surface area contributed by atoms with E-state index in [1.807, 2.05) is 6.21 Å². The number of hydrogen-bond donors (Lipinski definition) is 0. The summed E-state index contributed by atoms with van der Waals surface area (Å²) < 4.78 is 0. The van der Waals surface area contributed by atoms with E-state index in [9.17, 15) is 0 Å². The van der Waals surface area contributed by atoms with Crippen molar-refractivity contribution in [3.05, 3.63) is 83.6 Å². The van der Waals surface area contributed by atoms with Gasteiger partial charge in [0.2, 0.25) is 5.13 Å². The van der Waals surface area contributed by atoms with Crippen LogP contribution < -0.4 is 0 Å². The van der Waals surface area contributed by atoms with Crippen molar-refractivity contribution < 1.29 is 0 Å². The Morgan fingerprint density at radius 2 is 1.72 bits per heavy atom. The molecule has 120 valence electrons. The predicted molar refractivity (Wildman–Crippen MR) is 106 cm³/mol. The molecule has 0 radical (unpaired) electrons. The molecule has 1 aliphatic rings. The first kappa shape index (κ1) is 14.6. The Bertz CT molecular complexity index is 1100. The summed E-state index contributed by atoms with van der Waals surface area (Å²) in [7, 11) is 0. The average molecular weight is 340 g/mol. The molecule has 1 heterocycles. The highest BCUT2D eigenvalue weighted by atomic mass is 32.1. The van der Waals surface area contributed by atoms with Gasteiger partial charge in [0.05, 0.1) is 10.6 Å². The minimum Gasteiger partial charge on any atom is -0.227 e. The molecular formula is C22H16N2S. The van der Waals surface area contributed by atoms with Crippen molar-refractivity contribution in [1.82, 2.24) is 4.98 Å². The molecule has 0 fully saturated rings. The molecule has 0 aliphatic heterocycles. The van der Waals surface area contributed by atoms with Crippen molar-refractivity contribution >= 4 is 33.5 Å². The van der Waals surface area contributed by atoms with Gasteiger partial charge in [0, 0.05) is 11.8 Å². The number of aromatic nitrogens is 1. The van der Waals surface area contributed by atoms with Crippen LogP contribution in [-0.2, 0) is 12.8 Å². The Morgan fingerprint density at radius 3 is 2.72 bits per heavy atom. The minimum absolute atomic E-state index is 0.842. The van der Waals surface area contributed by atoms with Crippen LogP contribution in [0.25, 0.3) is 21.2 Å². The third-order valence-corrected chi connectivity index (χ3v) is 5.76. The number of thiazole rings is 1. The second kappa shape index (κ2) is 5.94. The highest BCUT2D eigenvalue weighted by Crippen LogP contribution is 2.40. The molecule has 0 N–H and O–H groups in total. The Kier molecular flexibility index (Phi) is 3.46. The van der Waals surface area contributed by atoms with Gasteiger partial charge in [0.15, 0.2) is 0 Å². The van der Waals surface area contributed by atoms with E-state index in [-0.39, 0.29) is 0 Å². The average Bonchev–Trinajstić information content (AvgIpc) is 3.10. The SMILES string of the molecule is C(=Nc1nc2c(s1)-c1ccccc1CC2)c1cccc2ccccc12. The molecule has 4 aromatic rings. The van der Waals surface area contributed by atoms with Crippen LogP contribution >= 0.6 is 11.3 Å². The van der Waals surface area contributed by atoms with Gasteiger partial charge in [0.1, 0.15) is 0 Å². The van der Waals surface area contributed by atoms with Gasteiger partial charge in [-0.05, 0) is 34.7 Å². The van der Waals surface area contributed by atoms with E-state index in [1.54, 1.807) is 11.3 Å². The number of fused-ring (bicyclic) bond motifs is 4. The predicted octanol–water partition coefficient (Wildman–Crippen LogP) is 5.81. The molecule has 25 heavy (non-hydrogen) atoms. The largest absolute Gasteiger partial charge is 0.227 e. The van der Waals surface area contributed by atoms with Crippen molar-refractivity contribution in [2.45, 2.75) is 12.8 Å². The van der Waals surface area contributed by atoms with Crippen molar-refractivity contribution in [3.8, 4) is 10.4 Å². The number of aryl methyl sites for hydroxylation is 2. The van der Waals surface area contributed by atoms with Crippen LogP contribution in [0, 0.1) is 0 Å². The van der Waals surface area contributed by atoms with Crippen LogP contribution in [-0.4, -0.2) is 11.2 Å². The van der Waals surface area contributed by atoms with Gasteiger partial charge in [-0.25, -0.2) is 9.98 Å². The molecule has 0 saturated carbocycles. The highest BCUT2D eigenvalue weighted by molar-refractivity contribution is 7.18. The molecule has 0 atom stereocenters. The summed E-state index contributed by atoms with van der Waals surface area (Å²) in [5.74, 6) is 0. The summed E-state index contributed by atoms with van der Waals surface area (Å²) >= 11 is 1.69. The Morgan fingerprint density at radius 1 is 0.880 bits per heavy atom. The number of aliphatic imine (C=N–C) groups is 1. The lowest BCUT2D eigenvalue weighted by atomic mass is 9.94. The van der Waals surface area contributed by atoms with Gasteiger partial charge < -0.3 is 0 Å². The number of hydrogen-bond acceptors (Lipinski definition) is 3. The normalized spacial score (nSPS) is 13.1. The second-order valence-corrected chi connectivity index (χ2v) is 7.23. The van der Waals surface area contributed by atoms with Crippen molar-refractivity contribution in [1.29, 1.82) is 0 Å². The zero-order chi connectivity index (χ0) is 16.6. The maximum Gasteiger partial charge on any atom is 0.209 e. The minimum atomic E-state index is 0.842. The zero-order valence-electron chi connectivity index (χ0n) is 13.6. The third-order valence-electron chi connectivity index (χ3n) is 4.72. The topological polar surface area (TPSA) is 25.2 Å². The van der Waals surface area contributed by atoms with Gasteiger partial charge in [-0.3, -0.25) is 0 Å². The standard InChI is InChI=1S/C22H16N2S/c1-3-10-18-15(6-1)8-5-9-17(18)14-23-22-24-20-13-12-16-7-2-4-11-19(16)21(20)25-22/h1-11,14H,12-13H2. The number of benzene rings is 3. The molecule has 0 amide bonds. The Balaban J connectivity index is 1.54. The smallest absolute Gasteiger partial charge is 0.209 e. The molecule has 3 heteroatoms. The van der Waals surface area contributed by atoms with E-state index in [4.69, 9.17) is 4.98 Å². The summed E-state index contributed by atoms with van der Waals surface area (Å²) in [4.78, 5) is 10.7. The zero-order valence-corrected chi connectivity index (χ0v) is 14.5. The molecular weight excluding hydrogens is 324 g/mol. The van der Waals surface area contributed by atoms with Crippen molar-refractivity contribution in [2.24, 2.45) is 4.99 Å². The Hall–Kier alpha value is -2.78. The summed E-state index contributed by atoms with van der Waals surface area (Å²) in [6.45, 7) is 0. The van der Waals surface area contributed by atoms with Gasteiger partial charge >= 0.3 is 0 Å². The van der Waals surface area contributed by atoms with Crippen LogP contribution in [0.4, 0.5) is 5.13 Å². The fraction of sp³-hybridized carbons (Fsp3) is 0.0909. The quantitative estimate of drug-likeness (QED) is 0.423. The maximum atomic E-state index is 4.77. The summed E-state index contributed by atoms with van der Waals surface area (Å²) in [5.41, 5.74) is 5.07. The van der Waals surface area contributed by atoms with Gasteiger partial charge in [0.25, 0.3) is 0 Å². The van der Waals surface area contributed by atoms with E-state index in [0.717, 1.165) is 23.5 Å². The van der Waals surface area contributed by atoms with Crippen molar-refractivity contribution in [2.75, 3.05) is 0 Å². The maximum absolute atomic E-state index is 4.77. The molecule has 0 unspecified atom stereocenters. The van der Waals surface area contributed by atoms with Gasteiger partial charge in [-0.15, -0.1) is 0 Å². The van der Waals surface area contributed by atoms with Crippen LogP contribution in [0.15, 0.2) is 71.7 Å². The van der Waals surface area contributed by atoms with E-state index >= 15 is 0 Å². The molecule has 0 bridgehead atoms. The summed E-state index contributed by atoms with van der Waals surface area (Å²) in [5, 5.41) is 3.30. The third kappa shape index (κ3) is 2.57. The van der Waals surface area contributed by atoms with E-state index < -0.39 is 0 Å². The van der Waals surface area contributed by atoms with Crippen LogP contribution in [0.3, 0.4) is 0 Å². The highest BCUT2D eigenvalue weighted by Gasteiger charge is 2.19. The molecule has 1 aliphatic carbocycles. The number of rotatable bonds is 2. The molecule has 5 rings (SSSR count). The number of nitrogens with zero attached hydrogens (tertiary/aromatic N) is 2. The fourth-order valence-electron chi connectivity index (χ4n) is 3.48. The molecule has 3 aromatic carbocycles. The van der Waals surface area contributed by atoms with Gasteiger partial charge in [-0.1, -0.05) is 78.1 Å². The summed E-state index contributed by atoms with van der Waals surface area (Å²) in [6, 6.07) is 23.4. The molecule has 0 spiro atoms. The van der Waals surface area contributed by atoms with E-state index in [1.165, 1.54) is 32.5 Å².